The summed E-state index contributed by atoms with van der Waals surface area (Å²) >= 11 is 0. The van der Waals surface area contributed by atoms with Gasteiger partial charge in [0.05, 0.1) is 11.1 Å². The van der Waals surface area contributed by atoms with Crippen LogP contribution in [0.15, 0.2) is 42.7 Å². The molecule has 1 N–H and O–H groups in total. The second-order valence-electron chi connectivity index (χ2n) is 5.53. The largest absolute Gasteiger partial charge is 0.339 e. The molecule has 1 aromatic carbocycles. The van der Waals surface area contributed by atoms with Crippen molar-refractivity contribution in [2.45, 2.75) is 20.8 Å². The molecule has 6 heteroatoms. The van der Waals surface area contributed by atoms with E-state index in [2.05, 4.69) is 10.3 Å². The van der Waals surface area contributed by atoms with Gasteiger partial charge in [0.25, 0.3) is 11.8 Å². The van der Waals surface area contributed by atoms with Crippen LogP contribution < -0.4 is 5.32 Å². The Morgan fingerprint density at radius 3 is 2.32 bits per heavy atom. The number of Topliss-reactive ketones (excluding diaryl/α,β-unsaturated/α-hetero) is 1. The third-order valence-corrected chi connectivity index (χ3v) is 3.83. The van der Waals surface area contributed by atoms with E-state index in [9.17, 15) is 14.4 Å². The number of rotatable bonds is 6. The number of nitrogens with zero attached hydrogens (tertiary/aromatic N) is 2. The Hall–Kier alpha value is -3.02. The van der Waals surface area contributed by atoms with Crippen LogP contribution in [0.25, 0.3) is 0 Å². The van der Waals surface area contributed by atoms with Crippen LogP contribution in [0.3, 0.4) is 0 Å². The van der Waals surface area contributed by atoms with Gasteiger partial charge in [0.15, 0.2) is 5.78 Å². The van der Waals surface area contributed by atoms with Crippen LogP contribution in [0.2, 0.25) is 0 Å². The van der Waals surface area contributed by atoms with Crippen molar-refractivity contribution in [2.75, 3.05) is 18.4 Å². The molecule has 1 heterocycles. The third kappa shape index (κ3) is 4.50. The van der Waals surface area contributed by atoms with E-state index in [1.54, 1.807) is 29.2 Å². The van der Waals surface area contributed by atoms with Crippen LogP contribution in [-0.2, 0) is 0 Å². The van der Waals surface area contributed by atoms with Gasteiger partial charge in [0.2, 0.25) is 0 Å². The lowest BCUT2D eigenvalue weighted by Gasteiger charge is -2.18. The first-order valence-corrected chi connectivity index (χ1v) is 8.13. The molecule has 0 atom stereocenters. The lowest BCUT2D eigenvalue weighted by molar-refractivity contribution is 0.0772. The highest BCUT2D eigenvalue weighted by molar-refractivity contribution is 6.06. The quantitative estimate of drug-likeness (QED) is 0.821. The minimum absolute atomic E-state index is 0.0791. The number of benzene rings is 1. The molecule has 2 aromatic rings. The number of hydrogen-bond donors (Lipinski definition) is 1. The van der Waals surface area contributed by atoms with Gasteiger partial charge in [0.1, 0.15) is 0 Å². The summed E-state index contributed by atoms with van der Waals surface area (Å²) in [6.07, 6.45) is 2.86. The number of anilines is 1. The number of nitrogens with one attached hydrogen (secondary N) is 1. The first-order valence-electron chi connectivity index (χ1n) is 8.13. The van der Waals surface area contributed by atoms with E-state index in [4.69, 9.17) is 0 Å². The Bertz CT molecular complexity index is 798. The number of pyridine rings is 1. The molecule has 2 rings (SSSR count). The van der Waals surface area contributed by atoms with Gasteiger partial charge in [-0.1, -0.05) is 12.1 Å². The number of aromatic nitrogens is 1. The average Bonchev–Trinajstić information content (AvgIpc) is 2.63. The SMILES string of the molecule is CCN(CC)C(=O)c1cncc(C(=O)Nc2cccc(C(C)=O)c2)c1. The highest BCUT2D eigenvalue weighted by Crippen LogP contribution is 2.14. The van der Waals surface area contributed by atoms with Crippen LogP contribution in [0.1, 0.15) is 51.8 Å². The van der Waals surface area contributed by atoms with Crippen molar-refractivity contribution >= 4 is 23.3 Å². The van der Waals surface area contributed by atoms with Crippen molar-refractivity contribution in [3.63, 3.8) is 0 Å². The van der Waals surface area contributed by atoms with E-state index in [1.165, 1.54) is 25.4 Å². The Morgan fingerprint density at radius 2 is 1.68 bits per heavy atom. The van der Waals surface area contributed by atoms with Crippen LogP contribution in [0.5, 0.6) is 0 Å². The highest BCUT2D eigenvalue weighted by Gasteiger charge is 2.15. The Morgan fingerprint density at radius 1 is 1.00 bits per heavy atom. The van der Waals surface area contributed by atoms with Gasteiger partial charge in [-0.15, -0.1) is 0 Å². The summed E-state index contributed by atoms with van der Waals surface area (Å²) in [5.74, 6) is -0.627. The molecule has 25 heavy (non-hydrogen) atoms. The third-order valence-electron chi connectivity index (χ3n) is 3.83. The molecule has 0 aliphatic carbocycles. The molecular formula is C19H21N3O3. The van der Waals surface area contributed by atoms with Crippen molar-refractivity contribution in [2.24, 2.45) is 0 Å². The van der Waals surface area contributed by atoms with Crippen LogP contribution >= 0.6 is 0 Å². The molecule has 0 aliphatic rings. The zero-order chi connectivity index (χ0) is 18.4. The monoisotopic (exact) mass is 339 g/mol. The number of carbonyl (C=O) groups excluding carboxylic acids is 3. The van der Waals surface area contributed by atoms with Gasteiger partial charge in [0, 0.05) is 36.7 Å². The van der Waals surface area contributed by atoms with E-state index in [0.717, 1.165) is 0 Å². The van der Waals surface area contributed by atoms with Gasteiger partial charge < -0.3 is 10.2 Å². The molecule has 0 fully saturated rings. The maximum Gasteiger partial charge on any atom is 0.257 e. The Kier molecular flexibility index (Phi) is 6.00. The molecule has 0 radical (unpaired) electrons. The van der Waals surface area contributed by atoms with Gasteiger partial charge in [-0.05, 0) is 39.0 Å². The van der Waals surface area contributed by atoms with E-state index < -0.39 is 0 Å². The minimum Gasteiger partial charge on any atom is -0.339 e. The summed E-state index contributed by atoms with van der Waals surface area (Å²) in [6.45, 7) is 6.43. The summed E-state index contributed by atoms with van der Waals surface area (Å²) in [4.78, 5) is 41.9. The van der Waals surface area contributed by atoms with Gasteiger partial charge in [-0.2, -0.15) is 0 Å². The second-order valence-corrected chi connectivity index (χ2v) is 5.53. The Labute approximate surface area is 146 Å². The molecule has 1 aromatic heterocycles. The van der Waals surface area contributed by atoms with Crippen LogP contribution in [0, 0.1) is 0 Å². The predicted octanol–water partition coefficient (Wildman–Crippen LogP) is 3.02. The molecule has 2 amide bonds. The van der Waals surface area contributed by atoms with Crippen LogP contribution in [-0.4, -0.2) is 40.6 Å². The predicted molar refractivity (Wildman–Crippen MR) is 95.9 cm³/mol. The topological polar surface area (TPSA) is 79.4 Å². The van der Waals surface area contributed by atoms with E-state index >= 15 is 0 Å². The summed E-state index contributed by atoms with van der Waals surface area (Å²) in [5, 5.41) is 2.72. The van der Waals surface area contributed by atoms with Gasteiger partial charge in [-0.3, -0.25) is 19.4 Å². The van der Waals surface area contributed by atoms with E-state index in [-0.39, 0.29) is 23.2 Å². The van der Waals surface area contributed by atoms with Gasteiger partial charge in [-0.25, -0.2) is 0 Å². The lowest BCUT2D eigenvalue weighted by Crippen LogP contribution is -2.30. The summed E-state index contributed by atoms with van der Waals surface area (Å²) < 4.78 is 0. The molecule has 0 unspecified atom stereocenters. The normalized spacial score (nSPS) is 10.2. The average molecular weight is 339 g/mol. The fraction of sp³-hybridized carbons (Fsp3) is 0.263. The zero-order valence-electron chi connectivity index (χ0n) is 14.6. The number of hydrogen-bond acceptors (Lipinski definition) is 4. The maximum absolute atomic E-state index is 12.4. The smallest absolute Gasteiger partial charge is 0.257 e. The Balaban J connectivity index is 2.20. The molecule has 0 spiro atoms. The maximum atomic E-state index is 12.4. The molecule has 0 aliphatic heterocycles. The van der Waals surface area contributed by atoms with Gasteiger partial charge >= 0.3 is 0 Å². The number of carbonyl (C=O) groups is 3. The highest BCUT2D eigenvalue weighted by atomic mass is 16.2. The molecule has 6 nitrogen and oxygen atoms in total. The van der Waals surface area contributed by atoms with E-state index in [0.29, 0.717) is 29.9 Å². The molecule has 0 saturated carbocycles. The fourth-order valence-electron chi connectivity index (χ4n) is 2.39. The number of ketones is 1. The summed E-state index contributed by atoms with van der Waals surface area (Å²) in [5.41, 5.74) is 1.68. The molecule has 0 saturated heterocycles. The van der Waals surface area contributed by atoms with Crippen molar-refractivity contribution in [1.29, 1.82) is 0 Å². The van der Waals surface area contributed by atoms with Crippen molar-refractivity contribution in [3.05, 3.63) is 59.4 Å². The second kappa shape index (κ2) is 8.19. The van der Waals surface area contributed by atoms with Crippen molar-refractivity contribution < 1.29 is 14.4 Å². The molecule has 0 bridgehead atoms. The first kappa shape index (κ1) is 18.3. The molecular weight excluding hydrogens is 318 g/mol. The standard InChI is InChI=1S/C19H21N3O3/c1-4-22(5-2)19(25)16-9-15(11-20-12-16)18(24)21-17-8-6-7-14(10-17)13(3)23/h6-12H,4-5H2,1-3H3,(H,21,24). The number of amides is 2. The first-order chi connectivity index (χ1) is 12.0. The van der Waals surface area contributed by atoms with Crippen LogP contribution in [0.4, 0.5) is 5.69 Å². The fourth-order valence-corrected chi connectivity index (χ4v) is 2.39. The molecule has 130 valence electrons. The summed E-state index contributed by atoms with van der Waals surface area (Å²) in [6, 6.07) is 8.22. The minimum atomic E-state index is -0.387. The zero-order valence-corrected chi connectivity index (χ0v) is 14.6. The van der Waals surface area contributed by atoms with Crippen molar-refractivity contribution in [1.82, 2.24) is 9.88 Å². The van der Waals surface area contributed by atoms with Crippen molar-refractivity contribution in [3.8, 4) is 0 Å². The van der Waals surface area contributed by atoms with E-state index in [1.807, 2.05) is 13.8 Å². The lowest BCUT2D eigenvalue weighted by atomic mass is 10.1. The summed E-state index contributed by atoms with van der Waals surface area (Å²) in [7, 11) is 0.